The first-order valence-corrected chi connectivity index (χ1v) is 5.52. The molecule has 1 aromatic carbocycles. The summed E-state index contributed by atoms with van der Waals surface area (Å²) in [5.41, 5.74) is 5.61. The van der Waals surface area contributed by atoms with Gasteiger partial charge in [0, 0.05) is 24.6 Å². The minimum atomic E-state index is -0.107. The van der Waals surface area contributed by atoms with Crippen LogP contribution in [0.4, 0.5) is 0 Å². The molecule has 3 nitrogen and oxygen atoms in total. The van der Waals surface area contributed by atoms with Crippen LogP contribution in [0.25, 0.3) is 0 Å². The van der Waals surface area contributed by atoms with Crippen molar-refractivity contribution in [2.45, 2.75) is 13.8 Å². The van der Waals surface area contributed by atoms with Gasteiger partial charge in [0.1, 0.15) is 0 Å². The third-order valence-electron chi connectivity index (χ3n) is 2.60. The van der Waals surface area contributed by atoms with Crippen molar-refractivity contribution >= 4 is 5.91 Å². The minimum Gasteiger partial charge on any atom is -0.264 e. The van der Waals surface area contributed by atoms with Crippen LogP contribution in [-0.2, 0) is 0 Å². The zero-order valence-electron chi connectivity index (χ0n) is 9.97. The molecule has 0 aliphatic carbocycles. The number of benzene rings is 1. The molecule has 0 atom stereocenters. The molecule has 0 aliphatic rings. The molecule has 3 heteroatoms. The van der Waals surface area contributed by atoms with Crippen molar-refractivity contribution in [2.24, 2.45) is 0 Å². The number of pyridine rings is 1. The van der Waals surface area contributed by atoms with E-state index in [1.54, 1.807) is 4.68 Å². The molecule has 1 amide bonds. The predicted octanol–water partition coefficient (Wildman–Crippen LogP) is 1.97. The lowest BCUT2D eigenvalue weighted by Crippen LogP contribution is -2.50. The number of hydrogen-bond acceptors (Lipinski definition) is 1. The van der Waals surface area contributed by atoms with Gasteiger partial charge in [0.15, 0.2) is 6.20 Å². The number of aromatic nitrogens is 1. The number of aryl methyl sites for hydroxylation is 2. The Bertz CT molecular complexity index is 532. The topological polar surface area (TPSA) is 33.0 Å². The van der Waals surface area contributed by atoms with Gasteiger partial charge in [-0.15, -0.1) is 5.43 Å². The third-order valence-corrected chi connectivity index (χ3v) is 2.60. The number of amides is 1. The van der Waals surface area contributed by atoms with Crippen molar-refractivity contribution in [3.63, 3.8) is 0 Å². The van der Waals surface area contributed by atoms with E-state index in [0.29, 0.717) is 5.56 Å². The maximum atomic E-state index is 11.9. The highest BCUT2D eigenvalue weighted by Crippen LogP contribution is 2.02. The van der Waals surface area contributed by atoms with E-state index < -0.39 is 0 Å². The Morgan fingerprint density at radius 1 is 1.06 bits per heavy atom. The Labute approximate surface area is 101 Å². The van der Waals surface area contributed by atoms with E-state index in [2.05, 4.69) is 5.43 Å². The van der Waals surface area contributed by atoms with Crippen molar-refractivity contribution in [1.29, 1.82) is 0 Å². The van der Waals surface area contributed by atoms with E-state index in [1.807, 2.05) is 62.5 Å². The molecule has 1 N–H and O–H groups in total. The molecule has 0 fully saturated rings. The molecule has 1 heterocycles. The summed E-state index contributed by atoms with van der Waals surface area (Å²) in [7, 11) is 0. The van der Waals surface area contributed by atoms with Gasteiger partial charge >= 0.3 is 5.91 Å². The summed E-state index contributed by atoms with van der Waals surface area (Å²) >= 11 is 0. The molecule has 0 aliphatic heterocycles. The van der Waals surface area contributed by atoms with Gasteiger partial charge in [-0.3, -0.25) is 4.79 Å². The normalized spacial score (nSPS) is 10.0. The molecule has 2 rings (SSSR count). The molecule has 0 unspecified atom stereocenters. The van der Waals surface area contributed by atoms with Gasteiger partial charge < -0.3 is 0 Å². The lowest BCUT2D eigenvalue weighted by Gasteiger charge is -2.02. The first-order valence-electron chi connectivity index (χ1n) is 5.52. The second-order valence-electron chi connectivity index (χ2n) is 4.02. The number of hydrogen-bond donors (Lipinski definition) is 1. The Morgan fingerprint density at radius 2 is 1.76 bits per heavy atom. The molecule has 86 valence electrons. The number of carbonyl (C=O) groups is 1. The lowest BCUT2D eigenvalue weighted by molar-refractivity contribution is -0.647. The highest BCUT2D eigenvalue weighted by molar-refractivity contribution is 5.98. The van der Waals surface area contributed by atoms with Crippen molar-refractivity contribution in [1.82, 2.24) is 0 Å². The van der Waals surface area contributed by atoms with E-state index in [1.165, 1.54) is 0 Å². The molecular formula is C14H15N2O+. The van der Waals surface area contributed by atoms with E-state index in [-0.39, 0.29) is 5.91 Å². The van der Waals surface area contributed by atoms with Crippen LogP contribution in [0.1, 0.15) is 21.6 Å². The monoisotopic (exact) mass is 227 g/mol. The Balaban J connectivity index is 2.17. The molecule has 1 aromatic heterocycles. The molecule has 0 bridgehead atoms. The van der Waals surface area contributed by atoms with Crippen LogP contribution in [0.2, 0.25) is 0 Å². The summed E-state index contributed by atoms with van der Waals surface area (Å²) < 4.78 is 1.71. The Hall–Kier alpha value is -2.16. The highest BCUT2D eigenvalue weighted by atomic mass is 16.2. The summed E-state index contributed by atoms with van der Waals surface area (Å²) in [6.45, 7) is 3.94. The fourth-order valence-electron chi connectivity index (χ4n) is 1.53. The number of nitrogens with zero attached hydrogens (tertiary/aromatic N) is 1. The van der Waals surface area contributed by atoms with Gasteiger partial charge in [-0.2, -0.15) is 0 Å². The summed E-state index contributed by atoms with van der Waals surface area (Å²) in [6.07, 6.45) is 1.82. The van der Waals surface area contributed by atoms with Crippen LogP contribution < -0.4 is 10.1 Å². The van der Waals surface area contributed by atoms with Crippen molar-refractivity contribution in [3.05, 3.63) is 65.5 Å². The summed E-state index contributed by atoms with van der Waals surface area (Å²) in [5, 5.41) is 0. The fraction of sp³-hybridized carbons (Fsp3) is 0.143. The van der Waals surface area contributed by atoms with Gasteiger partial charge in [0.25, 0.3) is 0 Å². The number of nitrogens with one attached hydrogen (secondary N) is 1. The first kappa shape index (κ1) is 11.3. The largest absolute Gasteiger partial charge is 0.305 e. The molecule has 2 aromatic rings. The predicted molar refractivity (Wildman–Crippen MR) is 66.2 cm³/mol. The van der Waals surface area contributed by atoms with Crippen LogP contribution in [-0.4, -0.2) is 5.91 Å². The van der Waals surface area contributed by atoms with Crippen molar-refractivity contribution < 1.29 is 9.47 Å². The Morgan fingerprint density at radius 3 is 2.41 bits per heavy atom. The minimum absolute atomic E-state index is 0.107. The quantitative estimate of drug-likeness (QED) is 0.782. The second-order valence-corrected chi connectivity index (χ2v) is 4.02. The highest BCUT2D eigenvalue weighted by Gasteiger charge is 2.11. The van der Waals surface area contributed by atoms with E-state index in [9.17, 15) is 4.79 Å². The lowest BCUT2D eigenvalue weighted by atomic mass is 10.1. The van der Waals surface area contributed by atoms with Gasteiger partial charge in [-0.05, 0) is 25.1 Å². The van der Waals surface area contributed by atoms with Crippen molar-refractivity contribution in [2.75, 3.05) is 5.43 Å². The molecular weight excluding hydrogens is 212 g/mol. The molecule has 0 spiro atoms. The van der Waals surface area contributed by atoms with Gasteiger partial charge in [-0.25, -0.2) is 0 Å². The average Bonchev–Trinajstić information content (AvgIpc) is 2.33. The van der Waals surface area contributed by atoms with Gasteiger partial charge in [-0.1, -0.05) is 22.4 Å². The van der Waals surface area contributed by atoms with Crippen molar-refractivity contribution in [3.8, 4) is 0 Å². The van der Waals surface area contributed by atoms with E-state index in [0.717, 1.165) is 11.3 Å². The number of carbonyl (C=O) groups excluding carboxylic acids is 1. The van der Waals surface area contributed by atoms with Gasteiger partial charge in [0.05, 0.1) is 0 Å². The first-order chi connectivity index (χ1) is 8.16. The standard InChI is InChI=1S/C14H14N2O/c1-11-6-8-13(9-7-11)14(17)15-16-10-4-3-5-12(16)2/h3-10H,1-2H3/p+1. The summed E-state index contributed by atoms with van der Waals surface area (Å²) in [5.74, 6) is -0.107. The second kappa shape index (κ2) is 4.78. The number of rotatable bonds is 2. The zero-order valence-corrected chi connectivity index (χ0v) is 9.97. The summed E-state index contributed by atoms with van der Waals surface area (Å²) in [6, 6.07) is 13.3. The van der Waals surface area contributed by atoms with Crippen LogP contribution in [0.5, 0.6) is 0 Å². The summed E-state index contributed by atoms with van der Waals surface area (Å²) in [4.78, 5) is 11.9. The molecule has 17 heavy (non-hydrogen) atoms. The molecule has 0 radical (unpaired) electrons. The SMILES string of the molecule is Cc1ccc(C(=O)N[n+]2ccccc2C)cc1. The smallest absolute Gasteiger partial charge is 0.264 e. The fourth-order valence-corrected chi connectivity index (χ4v) is 1.53. The van der Waals surface area contributed by atoms with Crippen LogP contribution in [0.15, 0.2) is 48.7 Å². The van der Waals surface area contributed by atoms with Crippen LogP contribution >= 0.6 is 0 Å². The van der Waals surface area contributed by atoms with Crippen LogP contribution in [0, 0.1) is 13.8 Å². The molecule has 0 saturated heterocycles. The third kappa shape index (κ3) is 2.69. The average molecular weight is 227 g/mol. The van der Waals surface area contributed by atoms with Gasteiger partial charge in [0.2, 0.25) is 5.69 Å². The van der Waals surface area contributed by atoms with E-state index in [4.69, 9.17) is 0 Å². The zero-order chi connectivity index (χ0) is 12.3. The maximum Gasteiger partial charge on any atom is 0.305 e. The van der Waals surface area contributed by atoms with E-state index >= 15 is 0 Å². The molecule has 0 saturated carbocycles. The van der Waals surface area contributed by atoms with Crippen LogP contribution in [0.3, 0.4) is 0 Å². The Kier molecular flexibility index (Phi) is 3.19. The maximum absolute atomic E-state index is 11.9.